The maximum atomic E-state index is 12.4. The van der Waals surface area contributed by atoms with E-state index in [1.54, 1.807) is 39.5 Å². The van der Waals surface area contributed by atoms with Gasteiger partial charge in [0.2, 0.25) is 5.75 Å². The molecule has 1 saturated heterocycles. The molecule has 156 valence electrons. The molecule has 2 aromatic carbocycles. The zero-order chi connectivity index (χ0) is 21.7. The van der Waals surface area contributed by atoms with Gasteiger partial charge in [-0.05, 0) is 66.7 Å². The minimum absolute atomic E-state index is 0.215. The van der Waals surface area contributed by atoms with Gasteiger partial charge >= 0.3 is 0 Å². The van der Waals surface area contributed by atoms with Gasteiger partial charge in [-0.25, -0.2) is 4.99 Å². The summed E-state index contributed by atoms with van der Waals surface area (Å²) in [7, 11) is 4.64. The van der Waals surface area contributed by atoms with Gasteiger partial charge in [-0.15, -0.1) is 0 Å². The van der Waals surface area contributed by atoms with E-state index in [0.29, 0.717) is 27.3 Å². The standard InChI is InChI=1S/C22H23N3O4S/c1-13(2)23-15-6-8-16(9-7-15)24-22-25-21(26)19(30-22)12-14-10-17(27-3)20(29-5)18(11-14)28-4/h6-12,23H,1H2,2-5H3,(H,24,25,26). The van der Waals surface area contributed by atoms with Gasteiger partial charge in [0.05, 0.1) is 31.9 Å². The van der Waals surface area contributed by atoms with Crippen LogP contribution in [0.15, 0.2) is 58.6 Å². The number of methoxy groups -OCH3 is 3. The number of thioether (sulfide) groups is 1. The zero-order valence-corrected chi connectivity index (χ0v) is 18.1. The second-order valence-electron chi connectivity index (χ2n) is 6.39. The third-order valence-corrected chi connectivity index (χ3v) is 5.00. The van der Waals surface area contributed by atoms with Crippen LogP contribution in [0.25, 0.3) is 6.08 Å². The van der Waals surface area contributed by atoms with Gasteiger partial charge in [-0.2, -0.15) is 0 Å². The van der Waals surface area contributed by atoms with Gasteiger partial charge in [0.25, 0.3) is 5.91 Å². The number of hydrogen-bond donors (Lipinski definition) is 2. The first-order valence-corrected chi connectivity index (χ1v) is 9.87. The maximum absolute atomic E-state index is 12.4. The number of amides is 1. The molecule has 1 fully saturated rings. The summed E-state index contributed by atoms with van der Waals surface area (Å²) >= 11 is 1.27. The molecule has 0 radical (unpaired) electrons. The molecule has 2 aromatic rings. The number of hydrogen-bond acceptors (Lipinski definition) is 7. The van der Waals surface area contributed by atoms with Crippen molar-refractivity contribution in [3.8, 4) is 17.2 Å². The number of benzene rings is 2. The van der Waals surface area contributed by atoms with Crippen LogP contribution in [-0.2, 0) is 4.79 Å². The van der Waals surface area contributed by atoms with E-state index < -0.39 is 0 Å². The average molecular weight is 426 g/mol. The molecule has 1 amide bonds. The normalized spacial score (nSPS) is 15.8. The van der Waals surface area contributed by atoms with Crippen molar-refractivity contribution in [2.45, 2.75) is 6.92 Å². The minimum atomic E-state index is -0.215. The molecule has 0 bridgehead atoms. The third-order valence-electron chi connectivity index (χ3n) is 4.09. The number of nitrogens with one attached hydrogen (secondary N) is 2. The first kappa shape index (κ1) is 21.3. The molecule has 30 heavy (non-hydrogen) atoms. The van der Waals surface area contributed by atoms with Crippen LogP contribution in [0.1, 0.15) is 12.5 Å². The van der Waals surface area contributed by atoms with Crippen LogP contribution in [0.3, 0.4) is 0 Å². The predicted octanol–water partition coefficient (Wildman–Crippen LogP) is 4.55. The first-order chi connectivity index (χ1) is 14.4. The van der Waals surface area contributed by atoms with Crippen LogP contribution in [0.4, 0.5) is 11.4 Å². The molecule has 0 saturated carbocycles. The number of rotatable bonds is 7. The Kier molecular flexibility index (Phi) is 6.68. The highest BCUT2D eigenvalue weighted by molar-refractivity contribution is 8.18. The highest BCUT2D eigenvalue weighted by atomic mass is 32.2. The van der Waals surface area contributed by atoms with E-state index >= 15 is 0 Å². The molecule has 2 N–H and O–H groups in total. The summed E-state index contributed by atoms with van der Waals surface area (Å²) < 4.78 is 16.1. The minimum Gasteiger partial charge on any atom is -0.493 e. The second kappa shape index (κ2) is 9.41. The fourth-order valence-corrected chi connectivity index (χ4v) is 3.64. The maximum Gasteiger partial charge on any atom is 0.264 e. The predicted molar refractivity (Wildman–Crippen MR) is 122 cm³/mol. The molecular formula is C22H23N3O4S. The van der Waals surface area contributed by atoms with Crippen molar-refractivity contribution < 1.29 is 19.0 Å². The number of ether oxygens (including phenoxy) is 3. The zero-order valence-electron chi connectivity index (χ0n) is 17.2. The van der Waals surface area contributed by atoms with E-state index in [0.717, 1.165) is 22.6 Å². The summed E-state index contributed by atoms with van der Waals surface area (Å²) in [5.41, 5.74) is 3.27. The number of allylic oxidation sites excluding steroid dienone is 1. The lowest BCUT2D eigenvalue weighted by molar-refractivity contribution is -0.115. The molecule has 1 aliphatic rings. The monoisotopic (exact) mass is 425 g/mol. The summed E-state index contributed by atoms with van der Waals surface area (Å²) in [6.07, 6.45) is 1.76. The van der Waals surface area contributed by atoms with Crippen LogP contribution in [0.2, 0.25) is 0 Å². The Bertz CT molecular complexity index is 1000. The lowest BCUT2D eigenvalue weighted by Gasteiger charge is -2.12. The molecular weight excluding hydrogens is 402 g/mol. The van der Waals surface area contributed by atoms with E-state index in [9.17, 15) is 4.79 Å². The lowest BCUT2D eigenvalue weighted by Crippen LogP contribution is -2.19. The summed E-state index contributed by atoms with van der Waals surface area (Å²) in [6.45, 7) is 5.71. The molecule has 1 heterocycles. The van der Waals surface area contributed by atoms with Crippen molar-refractivity contribution in [3.63, 3.8) is 0 Å². The first-order valence-electron chi connectivity index (χ1n) is 9.05. The molecule has 0 aromatic heterocycles. The quantitative estimate of drug-likeness (QED) is 0.634. The molecule has 0 aliphatic carbocycles. The van der Waals surface area contributed by atoms with Gasteiger partial charge in [0.15, 0.2) is 16.7 Å². The molecule has 0 atom stereocenters. The molecule has 3 rings (SSSR count). The Morgan fingerprint density at radius 3 is 2.27 bits per heavy atom. The van der Waals surface area contributed by atoms with Crippen LogP contribution >= 0.6 is 11.8 Å². The van der Waals surface area contributed by atoms with E-state index in [-0.39, 0.29) is 5.91 Å². The number of nitrogens with zero attached hydrogens (tertiary/aromatic N) is 1. The Morgan fingerprint density at radius 2 is 1.73 bits per heavy atom. The SMILES string of the molecule is C=C(C)Nc1ccc(N=C2NC(=O)C(=Cc3cc(OC)c(OC)c(OC)c3)S2)cc1. The summed E-state index contributed by atoms with van der Waals surface area (Å²) in [5.74, 6) is 1.32. The van der Waals surface area contributed by atoms with Crippen molar-refractivity contribution in [1.29, 1.82) is 0 Å². The summed E-state index contributed by atoms with van der Waals surface area (Å²) in [5, 5.41) is 6.44. The molecule has 8 heteroatoms. The van der Waals surface area contributed by atoms with Gasteiger partial charge in [0, 0.05) is 11.4 Å². The highest BCUT2D eigenvalue weighted by Gasteiger charge is 2.24. The fraction of sp³-hybridized carbons (Fsp3) is 0.182. The van der Waals surface area contributed by atoms with Crippen molar-refractivity contribution in [1.82, 2.24) is 5.32 Å². The van der Waals surface area contributed by atoms with Gasteiger partial charge in [-0.3, -0.25) is 4.79 Å². The Hall–Kier alpha value is -3.39. The molecule has 0 unspecified atom stereocenters. The van der Waals surface area contributed by atoms with Crippen molar-refractivity contribution in [2.75, 3.05) is 26.6 Å². The van der Waals surface area contributed by atoms with Crippen LogP contribution in [0.5, 0.6) is 17.2 Å². The Labute approximate surface area is 179 Å². The number of carbonyl (C=O) groups is 1. The lowest BCUT2D eigenvalue weighted by atomic mass is 10.1. The van der Waals surface area contributed by atoms with Crippen LogP contribution in [0, 0.1) is 0 Å². The number of aliphatic imine (C=N–C) groups is 1. The fourth-order valence-electron chi connectivity index (χ4n) is 2.80. The van der Waals surface area contributed by atoms with E-state index in [1.807, 2.05) is 31.2 Å². The number of anilines is 1. The van der Waals surface area contributed by atoms with Crippen LogP contribution < -0.4 is 24.8 Å². The molecule has 0 spiro atoms. The average Bonchev–Trinajstić information content (AvgIpc) is 3.06. The number of amidine groups is 1. The van der Waals surface area contributed by atoms with Gasteiger partial charge in [-0.1, -0.05) is 6.58 Å². The summed E-state index contributed by atoms with van der Waals surface area (Å²) in [6, 6.07) is 11.1. The van der Waals surface area contributed by atoms with E-state index in [2.05, 4.69) is 22.2 Å². The van der Waals surface area contributed by atoms with Crippen molar-refractivity contribution in [2.24, 2.45) is 4.99 Å². The number of carbonyl (C=O) groups excluding carboxylic acids is 1. The topological polar surface area (TPSA) is 81.2 Å². The van der Waals surface area contributed by atoms with Crippen LogP contribution in [-0.4, -0.2) is 32.4 Å². The third kappa shape index (κ3) is 4.96. The van der Waals surface area contributed by atoms with Crippen molar-refractivity contribution >= 4 is 40.3 Å². The summed E-state index contributed by atoms with van der Waals surface area (Å²) in [4.78, 5) is 17.4. The smallest absolute Gasteiger partial charge is 0.264 e. The van der Waals surface area contributed by atoms with Gasteiger partial charge < -0.3 is 24.8 Å². The van der Waals surface area contributed by atoms with E-state index in [4.69, 9.17) is 14.2 Å². The molecule has 7 nitrogen and oxygen atoms in total. The van der Waals surface area contributed by atoms with Crippen molar-refractivity contribution in [3.05, 3.63) is 59.1 Å². The second-order valence-corrected chi connectivity index (χ2v) is 7.42. The van der Waals surface area contributed by atoms with E-state index in [1.165, 1.54) is 11.8 Å². The van der Waals surface area contributed by atoms with Gasteiger partial charge in [0.1, 0.15) is 0 Å². The Morgan fingerprint density at radius 1 is 1.10 bits per heavy atom. The highest BCUT2D eigenvalue weighted by Crippen LogP contribution is 2.39. The largest absolute Gasteiger partial charge is 0.493 e. The Balaban J connectivity index is 1.82. The molecule has 1 aliphatic heterocycles.